The van der Waals surface area contributed by atoms with Crippen molar-refractivity contribution < 1.29 is 22.7 Å². The van der Waals surface area contributed by atoms with Crippen LogP contribution in [-0.2, 0) is 26.1 Å². The first-order valence-corrected chi connectivity index (χ1v) is 14.3. The highest BCUT2D eigenvalue weighted by atomic mass is 32.2. The minimum atomic E-state index is -3.82. The van der Waals surface area contributed by atoms with Crippen LogP contribution in [0.5, 0.6) is 0 Å². The van der Waals surface area contributed by atoms with Gasteiger partial charge in [-0.05, 0) is 92.4 Å². The molecule has 4 bridgehead atoms. The smallest absolute Gasteiger partial charge is 0.338 e. The molecule has 6 rings (SSSR count). The lowest BCUT2D eigenvalue weighted by atomic mass is 9.48. The van der Waals surface area contributed by atoms with Gasteiger partial charge in [0, 0.05) is 12.6 Å². The van der Waals surface area contributed by atoms with Crippen molar-refractivity contribution in [2.45, 2.75) is 62.9 Å². The number of hydrogen-bond acceptors (Lipinski definition) is 5. The predicted octanol–water partition coefficient (Wildman–Crippen LogP) is 4.04. The van der Waals surface area contributed by atoms with Crippen LogP contribution in [0.25, 0.3) is 0 Å². The summed E-state index contributed by atoms with van der Waals surface area (Å²) in [5.74, 6) is 1.32. The van der Waals surface area contributed by atoms with Crippen LogP contribution < -0.4 is 10.0 Å². The normalized spacial score (nSPS) is 27.4. The molecule has 7 nitrogen and oxygen atoms in total. The van der Waals surface area contributed by atoms with E-state index in [4.69, 9.17) is 4.74 Å². The molecule has 2 aromatic rings. The van der Waals surface area contributed by atoms with Gasteiger partial charge in [0.05, 0.1) is 10.5 Å². The van der Waals surface area contributed by atoms with E-state index in [1.165, 1.54) is 62.8 Å². The summed E-state index contributed by atoms with van der Waals surface area (Å²) < 4.78 is 33.2. The Balaban J connectivity index is 1.15. The predicted molar refractivity (Wildman–Crippen MR) is 135 cm³/mol. The Morgan fingerprint density at radius 1 is 0.972 bits per heavy atom. The molecule has 4 saturated carbocycles. The van der Waals surface area contributed by atoms with E-state index in [0.717, 1.165) is 23.3 Å². The first-order valence-electron chi connectivity index (χ1n) is 12.8. The number of nitrogens with one attached hydrogen (secondary N) is 2. The zero-order valence-electron chi connectivity index (χ0n) is 20.6. The molecule has 2 aromatic carbocycles. The lowest BCUT2D eigenvalue weighted by molar-refractivity contribution is -0.128. The van der Waals surface area contributed by atoms with Crippen molar-refractivity contribution in [1.82, 2.24) is 10.0 Å². The summed E-state index contributed by atoms with van der Waals surface area (Å²) in [5, 5.41) is 3.09. The Labute approximate surface area is 213 Å². The molecule has 4 aliphatic rings. The van der Waals surface area contributed by atoms with Gasteiger partial charge in [-0.3, -0.25) is 4.79 Å². The van der Waals surface area contributed by atoms with Crippen LogP contribution in [0, 0.1) is 23.2 Å². The summed E-state index contributed by atoms with van der Waals surface area (Å²) in [4.78, 5) is 25.2. The third-order valence-electron chi connectivity index (χ3n) is 8.41. The topological polar surface area (TPSA) is 102 Å². The molecule has 0 aliphatic heterocycles. The van der Waals surface area contributed by atoms with Gasteiger partial charge in [0.15, 0.2) is 6.61 Å². The lowest BCUT2D eigenvalue weighted by Crippen LogP contribution is -2.56. The van der Waals surface area contributed by atoms with E-state index in [2.05, 4.69) is 17.0 Å². The highest BCUT2D eigenvalue weighted by molar-refractivity contribution is 7.89. The quantitative estimate of drug-likeness (QED) is 0.496. The van der Waals surface area contributed by atoms with Gasteiger partial charge in [-0.1, -0.05) is 36.4 Å². The van der Waals surface area contributed by atoms with Crippen molar-refractivity contribution >= 4 is 21.9 Å². The summed E-state index contributed by atoms with van der Waals surface area (Å²) in [5.41, 5.74) is 1.08. The standard InChI is InChI=1S/C28H34N2O5S/c1-19(28-14-21-10-22(15-28)12-23(11-21)16-28)30-26(31)18-35-27(32)24-8-5-9-25(13-24)36(33,34)29-17-20-6-3-2-4-7-20/h2-9,13,19,21-23,29H,10-12,14-18H2,1H3,(H,30,31)/t19-,21?,22?,23?,28?/m0/s1. The number of benzene rings is 2. The fourth-order valence-electron chi connectivity index (χ4n) is 7.01. The van der Waals surface area contributed by atoms with Gasteiger partial charge < -0.3 is 10.1 Å². The van der Waals surface area contributed by atoms with E-state index < -0.39 is 22.6 Å². The van der Waals surface area contributed by atoms with Crippen LogP contribution in [0.2, 0.25) is 0 Å². The molecular formula is C28H34N2O5S. The second-order valence-electron chi connectivity index (χ2n) is 11.0. The number of carbonyl (C=O) groups excluding carboxylic acids is 2. The molecule has 192 valence electrons. The van der Waals surface area contributed by atoms with Crippen molar-refractivity contribution in [2.24, 2.45) is 23.2 Å². The first-order chi connectivity index (χ1) is 17.2. The Morgan fingerprint density at radius 3 is 2.25 bits per heavy atom. The monoisotopic (exact) mass is 510 g/mol. The van der Waals surface area contributed by atoms with Crippen molar-refractivity contribution in [2.75, 3.05) is 6.61 Å². The second-order valence-corrected chi connectivity index (χ2v) is 12.8. The molecule has 1 atom stereocenters. The highest BCUT2D eigenvalue weighted by Gasteiger charge is 2.53. The van der Waals surface area contributed by atoms with Crippen molar-refractivity contribution in [1.29, 1.82) is 0 Å². The van der Waals surface area contributed by atoms with Crippen LogP contribution in [0.3, 0.4) is 0 Å². The van der Waals surface area contributed by atoms with Crippen LogP contribution in [0.1, 0.15) is 61.4 Å². The molecule has 0 heterocycles. The maximum atomic E-state index is 12.7. The Morgan fingerprint density at radius 2 is 1.61 bits per heavy atom. The third-order valence-corrected chi connectivity index (χ3v) is 9.80. The van der Waals surface area contributed by atoms with Crippen molar-refractivity contribution in [3.63, 3.8) is 0 Å². The molecule has 1 amide bonds. The van der Waals surface area contributed by atoms with E-state index in [1.807, 2.05) is 30.3 Å². The van der Waals surface area contributed by atoms with E-state index in [-0.39, 0.29) is 34.4 Å². The van der Waals surface area contributed by atoms with Crippen LogP contribution in [-0.4, -0.2) is 32.9 Å². The van der Waals surface area contributed by atoms with Crippen LogP contribution in [0.4, 0.5) is 0 Å². The van der Waals surface area contributed by atoms with E-state index in [0.29, 0.717) is 0 Å². The lowest BCUT2D eigenvalue weighted by Gasteiger charge is -2.59. The number of carbonyl (C=O) groups is 2. The fourth-order valence-corrected chi connectivity index (χ4v) is 8.07. The maximum absolute atomic E-state index is 12.7. The third kappa shape index (κ3) is 5.34. The van der Waals surface area contributed by atoms with Gasteiger partial charge in [-0.15, -0.1) is 0 Å². The number of sulfonamides is 1. The molecule has 0 saturated heterocycles. The number of rotatable bonds is 9. The summed E-state index contributed by atoms with van der Waals surface area (Å²) in [6.45, 7) is 1.84. The van der Waals surface area contributed by atoms with Gasteiger partial charge in [0.25, 0.3) is 5.91 Å². The number of hydrogen-bond donors (Lipinski definition) is 2. The van der Waals surface area contributed by atoms with Crippen molar-refractivity contribution in [3.05, 3.63) is 65.7 Å². The minimum absolute atomic E-state index is 0.0345. The molecular weight excluding hydrogens is 476 g/mol. The Hall–Kier alpha value is -2.71. The van der Waals surface area contributed by atoms with E-state index in [9.17, 15) is 18.0 Å². The zero-order chi connectivity index (χ0) is 25.3. The summed E-state index contributed by atoms with van der Waals surface area (Å²) >= 11 is 0. The highest BCUT2D eigenvalue weighted by Crippen LogP contribution is 2.61. The zero-order valence-corrected chi connectivity index (χ0v) is 21.4. The average Bonchev–Trinajstić information content (AvgIpc) is 2.86. The van der Waals surface area contributed by atoms with Gasteiger partial charge in [-0.2, -0.15) is 0 Å². The van der Waals surface area contributed by atoms with Gasteiger partial charge in [-0.25, -0.2) is 17.9 Å². The molecule has 4 aliphatic carbocycles. The maximum Gasteiger partial charge on any atom is 0.338 e. The average molecular weight is 511 g/mol. The SMILES string of the molecule is C[C@H](NC(=O)COC(=O)c1cccc(S(=O)(=O)NCc2ccccc2)c1)C12CC3CC(CC(C3)C1)C2. The Kier molecular flexibility index (Phi) is 6.92. The summed E-state index contributed by atoms with van der Waals surface area (Å²) in [7, 11) is -3.82. The minimum Gasteiger partial charge on any atom is -0.452 e. The largest absolute Gasteiger partial charge is 0.452 e. The molecule has 0 unspecified atom stereocenters. The van der Waals surface area contributed by atoms with Crippen LogP contribution >= 0.6 is 0 Å². The molecule has 0 radical (unpaired) electrons. The molecule has 36 heavy (non-hydrogen) atoms. The molecule has 8 heteroatoms. The van der Waals surface area contributed by atoms with Gasteiger partial charge in [0.1, 0.15) is 0 Å². The van der Waals surface area contributed by atoms with Gasteiger partial charge in [0.2, 0.25) is 10.0 Å². The number of ether oxygens (including phenoxy) is 1. The second kappa shape index (κ2) is 9.98. The molecule has 2 N–H and O–H groups in total. The van der Waals surface area contributed by atoms with E-state index >= 15 is 0 Å². The summed E-state index contributed by atoms with van der Waals surface area (Å²) in [6, 6.07) is 14.9. The fraction of sp³-hybridized carbons (Fsp3) is 0.500. The Bertz CT molecular complexity index is 1190. The molecule has 4 fully saturated rings. The van der Waals surface area contributed by atoms with E-state index in [1.54, 1.807) is 0 Å². The van der Waals surface area contributed by atoms with Gasteiger partial charge >= 0.3 is 5.97 Å². The molecule has 0 spiro atoms. The van der Waals surface area contributed by atoms with Crippen LogP contribution in [0.15, 0.2) is 59.5 Å². The summed E-state index contributed by atoms with van der Waals surface area (Å²) in [6.07, 6.45) is 7.57. The molecule has 0 aromatic heterocycles. The number of amides is 1. The first kappa shape index (κ1) is 25.0. The van der Waals surface area contributed by atoms with Crippen molar-refractivity contribution in [3.8, 4) is 0 Å². The number of esters is 1.